The van der Waals surface area contributed by atoms with Gasteiger partial charge in [-0.3, -0.25) is 4.79 Å². The SMILES string of the molecule is CC(C)CSc1ccccc1-c1n[nH]nc1C(N)=O. The maximum absolute atomic E-state index is 11.3. The fourth-order valence-corrected chi connectivity index (χ4v) is 2.64. The number of rotatable bonds is 5. The number of thioether (sulfide) groups is 1. The summed E-state index contributed by atoms with van der Waals surface area (Å²) < 4.78 is 0. The predicted molar refractivity (Wildman–Crippen MR) is 75.9 cm³/mol. The standard InChI is InChI=1S/C13H16N4OS/c1-8(2)7-19-10-6-4-3-5-9(10)11-12(13(14)18)16-17-15-11/h3-6,8H,7H2,1-2H3,(H2,14,18)(H,15,16,17). The number of aromatic amines is 1. The molecular formula is C13H16N4OS. The normalized spacial score (nSPS) is 10.9. The zero-order chi connectivity index (χ0) is 13.8. The molecule has 1 aromatic heterocycles. The van der Waals surface area contributed by atoms with Crippen LogP contribution >= 0.6 is 11.8 Å². The summed E-state index contributed by atoms with van der Waals surface area (Å²) in [6.07, 6.45) is 0. The molecule has 100 valence electrons. The molecule has 0 fully saturated rings. The Morgan fingerprint density at radius 1 is 1.37 bits per heavy atom. The van der Waals surface area contributed by atoms with Crippen molar-refractivity contribution >= 4 is 17.7 Å². The summed E-state index contributed by atoms with van der Waals surface area (Å²) in [7, 11) is 0. The minimum Gasteiger partial charge on any atom is -0.364 e. The van der Waals surface area contributed by atoms with E-state index in [1.807, 2.05) is 24.3 Å². The molecule has 2 rings (SSSR count). The lowest BCUT2D eigenvalue weighted by atomic mass is 10.1. The van der Waals surface area contributed by atoms with Gasteiger partial charge in [0.15, 0.2) is 5.69 Å². The summed E-state index contributed by atoms with van der Waals surface area (Å²) in [6.45, 7) is 4.33. The van der Waals surface area contributed by atoms with Crippen molar-refractivity contribution in [2.75, 3.05) is 5.75 Å². The first-order chi connectivity index (χ1) is 9.09. The Morgan fingerprint density at radius 2 is 2.11 bits per heavy atom. The van der Waals surface area contributed by atoms with E-state index in [9.17, 15) is 4.79 Å². The van der Waals surface area contributed by atoms with Gasteiger partial charge in [0.2, 0.25) is 0 Å². The van der Waals surface area contributed by atoms with Crippen LogP contribution in [0.4, 0.5) is 0 Å². The first kappa shape index (κ1) is 13.6. The van der Waals surface area contributed by atoms with Gasteiger partial charge in [-0.1, -0.05) is 32.0 Å². The third-order valence-electron chi connectivity index (χ3n) is 2.50. The van der Waals surface area contributed by atoms with Crippen LogP contribution in [0.2, 0.25) is 0 Å². The van der Waals surface area contributed by atoms with E-state index in [2.05, 4.69) is 29.3 Å². The third kappa shape index (κ3) is 3.14. The largest absolute Gasteiger partial charge is 0.364 e. The van der Waals surface area contributed by atoms with E-state index in [-0.39, 0.29) is 5.69 Å². The van der Waals surface area contributed by atoms with E-state index < -0.39 is 5.91 Å². The summed E-state index contributed by atoms with van der Waals surface area (Å²) in [4.78, 5) is 12.4. The monoisotopic (exact) mass is 276 g/mol. The van der Waals surface area contributed by atoms with Gasteiger partial charge >= 0.3 is 0 Å². The number of aromatic nitrogens is 3. The number of hydrogen-bond acceptors (Lipinski definition) is 4. The fourth-order valence-electron chi connectivity index (χ4n) is 1.64. The van der Waals surface area contributed by atoms with Gasteiger partial charge in [0.05, 0.1) is 0 Å². The average Bonchev–Trinajstić information content (AvgIpc) is 2.85. The molecule has 1 amide bonds. The van der Waals surface area contributed by atoms with Gasteiger partial charge in [-0.15, -0.1) is 11.8 Å². The Balaban J connectivity index is 2.38. The van der Waals surface area contributed by atoms with E-state index in [0.717, 1.165) is 16.2 Å². The van der Waals surface area contributed by atoms with Crippen molar-refractivity contribution in [2.45, 2.75) is 18.7 Å². The van der Waals surface area contributed by atoms with Gasteiger partial charge in [0.25, 0.3) is 5.91 Å². The van der Waals surface area contributed by atoms with E-state index >= 15 is 0 Å². The summed E-state index contributed by atoms with van der Waals surface area (Å²) in [5, 5.41) is 10.3. The van der Waals surface area contributed by atoms with Crippen LogP contribution in [0.5, 0.6) is 0 Å². The highest BCUT2D eigenvalue weighted by molar-refractivity contribution is 7.99. The van der Waals surface area contributed by atoms with Crippen LogP contribution in [0.3, 0.4) is 0 Å². The molecule has 0 spiro atoms. The molecule has 0 aliphatic rings. The molecule has 0 radical (unpaired) electrons. The molecule has 0 aliphatic carbocycles. The molecule has 3 N–H and O–H groups in total. The Labute approximate surface area is 116 Å². The molecule has 0 aliphatic heterocycles. The summed E-state index contributed by atoms with van der Waals surface area (Å²) in [5.74, 6) is 1.01. The van der Waals surface area contributed by atoms with Crippen molar-refractivity contribution < 1.29 is 4.79 Å². The molecule has 0 saturated heterocycles. The molecule has 0 bridgehead atoms. The molecule has 19 heavy (non-hydrogen) atoms. The van der Waals surface area contributed by atoms with Crippen LogP contribution in [-0.4, -0.2) is 27.1 Å². The number of H-pyrrole nitrogens is 1. The second kappa shape index (κ2) is 5.88. The molecule has 1 aromatic carbocycles. The Morgan fingerprint density at radius 3 is 2.79 bits per heavy atom. The Bertz CT molecular complexity index is 580. The highest BCUT2D eigenvalue weighted by Gasteiger charge is 2.17. The lowest BCUT2D eigenvalue weighted by molar-refractivity contribution is 0.0996. The molecule has 0 saturated carbocycles. The van der Waals surface area contributed by atoms with Crippen molar-refractivity contribution in [3.05, 3.63) is 30.0 Å². The zero-order valence-electron chi connectivity index (χ0n) is 10.9. The van der Waals surface area contributed by atoms with Crippen LogP contribution in [0, 0.1) is 5.92 Å². The second-order valence-corrected chi connectivity index (χ2v) is 5.65. The minimum absolute atomic E-state index is 0.178. The maximum Gasteiger partial charge on any atom is 0.271 e. The van der Waals surface area contributed by atoms with Gasteiger partial charge in [-0.25, -0.2) is 0 Å². The van der Waals surface area contributed by atoms with Gasteiger partial charge in [0.1, 0.15) is 5.69 Å². The van der Waals surface area contributed by atoms with E-state index in [1.165, 1.54) is 0 Å². The highest BCUT2D eigenvalue weighted by atomic mass is 32.2. The van der Waals surface area contributed by atoms with Gasteiger partial charge < -0.3 is 5.73 Å². The number of carbonyl (C=O) groups is 1. The molecular weight excluding hydrogens is 260 g/mol. The first-order valence-corrected chi connectivity index (χ1v) is 7.01. The average molecular weight is 276 g/mol. The predicted octanol–water partition coefficient (Wildman–Crippen LogP) is 2.32. The van der Waals surface area contributed by atoms with E-state index in [0.29, 0.717) is 11.6 Å². The zero-order valence-corrected chi connectivity index (χ0v) is 11.7. The quantitative estimate of drug-likeness (QED) is 0.821. The lowest BCUT2D eigenvalue weighted by Crippen LogP contribution is -2.12. The molecule has 6 heteroatoms. The number of carbonyl (C=O) groups excluding carboxylic acids is 1. The molecule has 2 aromatic rings. The molecule has 0 unspecified atom stereocenters. The van der Waals surface area contributed by atoms with Crippen molar-refractivity contribution in [3.8, 4) is 11.3 Å². The highest BCUT2D eigenvalue weighted by Crippen LogP contribution is 2.32. The minimum atomic E-state index is -0.576. The number of nitrogens with two attached hydrogens (primary N) is 1. The Kier molecular flexibility index (Phi) is 4.21. The van der Waals surface area contributed by atoms with Crippen molar-refractivity contribution in [1.29, 1.82) is 0 Å². The van der Waals surface area contributed by atoms with Crippen molar-refractivity contribution in [1.82, 2.24) is 15.4 Å². The number of nitrogens with zero attached hydrogens (tertiary/aromatic N) is 2. The third-order valence-corrected chi connectivity index (χ3v) is 4.00. The van der Waals surface area contributed by atoms with Gasteiger partial charge in [-0.05, 0) is 12.0 Å². The number of nitrogens with one attached hydrogen (secondary N) is 1. The number of amides is 1. The van der Waals surface area contributed by atoms with Crippen LogP contribution < -0.4 is 5.73 Å². The lowest BCUT2D eigenvalue weighted by Gasteiger charge is -2.09. The van der Waals surface area contributed by atoms with Crippen molar-refractivity contribution in [3.63, 3.8) is 0 Å². The van der Waals surface area contributed by atoms with Crippen LogP contribution in [0.15, 0.2) is 29.2 Å². The van der Waals surface area contributed by atoms with Gasteiger partial charge in [0, 0.05) is 16.2 Å². The number of primary amides is 1. The summed E-state index contributed by atoms with van der Waals surface area (Å²) in [6, 6.07) is 7.82. The van der Waals surface area contributed by atoms with E-state index in [4.69, 9.17) is 5.73 Å². The topological polar surface area (TPSA) is 84.7 Å². The van der Waals surface area contributed by atoms with Crippen molar-refractivity contribution in [2.24, 2.45) is 11.7 Å². The fraction of sp³-hybridized carbons (Fsp3) is 0.308. The van der Waals surface area contributed by atoms with Crippen LogP contribution in [-0.2, 0) is 0 Å². The summed E-state index contributed by atoms with van der Waals surface area (Å²) in [5.41, 5.74) is 6.88. The van der Waals surface area contributed by atoms with Gasteiger partial charge in [-0.2, -0.15) is 15.4 Å². The Hall–Kier alpha value is -1.82. The van der Waals surface area contributed by atoms with Crippen LogP contribution in [0.1, 0.15) is 24.3 Å². The molecule has 1 heterocycles. The molecule has 5 nitrogen and oxygen atoms in total. The second-order valence-electron chi connectivity index (χ2n) is 4.59. The number of benzene rings is 1. The smallest absolute Gasteiger partial charge is 0.271 e. The number of hydrogen-bond donors (Lipinski definition) is 2. The maximum atomic E-state index is 11.3. The summed E-state index contributed by atoms with van der Waals surface area (Å²) >= 11 is 1.74. The van der Waals surface area contributed by atoms with E-state index in [1.54, 1.807) is 11.8 Å². The van der Waals surface area contributed by atoms with Crippen LogP contribution in [0.25, 0.3) is 11.3 Å². The molecule has 0 atom stereocenters. The first-order valence-electron chi connectivity index (χ1n) is 6.02.